The van der Waals surface area contributed by atoms with Crippen LogP contribution in [-0.4, -0.2) is 30.1 Å². The average molecular weight is 512 g/mol. The topological polar surface area (TPSA) is 120 Å². The number of amides is 1. The molecular weight excluding hydrogens is 494 g/mol. The number of methoxy groups -OCH3 is 1. The molecule has 0 atom stereocenters. The van der Waals surface area contributed by atoms with E-state index in [4.69, 9.17) is 9.47 Å². The molecule has 0 radical (unpaired) electrons. The smallest absolute Gasteiger partial charge is 0.343 e. The number of halogens is 1. The van der Waals surface area contributed by atoms with Crippen molar-refractivity contribution < 1.29 is 24.0 Å². The maximum Gasteiger partial charge on any atom is 0.343 e. The molecule has 0 unspecified atom stereocenters. The van der Waals surface area contributed by atoms with Crippen LogP contribution in [0.15, 0.2) is 70.2 Å². The van der Waals surface area contributed by atoms with E-state index in [1.807, 2.05) is 6.92 Å². The van der Waals surface area contributed by atoms with Gasteiger partial charge in [-0.25, -0.2) is 10.2 Å². The van der Waals surface area contributed by atoms with Gasteiger partial charge in [-0.1, -0.05) is 29.8 Å². The lowest BCUT2D eigenvalue weighted by molar-refractivity contribution is -0.385. The first-order valence-corrected chi connectivity index (χ1v) is 10.3. The zero-order valence-electron chi connectivity index (χ0n) is 17.6. The number of nitro benzene ring substituents is 1. The molecule has 0 aliphatic heterocycles. The monoisotopic (exact) mass is 511 g/mol. The molecule has 1 amide bonds. The van der Waals surface area contributed by atoms with Crippen LogP contribution in [0.2, 0.25) is 0 Å². The third-order valence-corrected chi connectivity index (χ3v) is 5.05. The van der Waals surface area contributed by atoms with E-state index in [0.717, 1.165) is 5.56 Å². The largest absolute Gasteiger partial charge is 0.493 e. The number of nitrogens with one attached hydrogen (secondary N) is 1. The van der Waals surface area contributed by atoms with Crippen LogP contribution < -0.4 is 14.9 Å². The van der Waals surface area contributed by atoms with Crippen LogP contribution in [0.3, 0.4) is 0 Å². The molecule has 0 saturated heterocycles. The molecule has 168 valence electrons. The number of rotatable bonds is 7. The number of aryl methyl sites for hydroxylation is 1. The Morgan fingerprint density at radius 2 is 1.82 bits per heavy atom. The Morgan fingerprint density at radius 3 is 2.48 bits per heavy atom. The van der Waals surface area contributed by atoms with Crippen LogP contribution in [0.5, 0.6) is 11.5 Å². The number of hydrazone groups is 1. The van der Waals surface area contributed by atoms with Crippen LogP contribution in [-0.2, 0) is 0 Å². The van der Waals surface area contributed by atoms with Crippen LogP contribution >= 0.6 is 15.9 Å². The van der Waals surface area contributed by atoms with Crippen molar-refractivity contribution in [3.8, 4) is 11.5 Å². The molecule has 9 nitrogen and oxygen atoms in total. The van der Waals surface area contributed by atoms with E-state index < -0.39 is 16.8 Å². The Morgan fingerprint density at radius 1 is 1.12 bits per heavy atom. The predicted octanol–water partition coefficient (Wildman–Crippen LogP) is 4.66. The van der Waals surface area contributed by atoms with Gasteiger partial charge in [0, 0.05) is 6.07 Å². The van der Waals surface area contributed by atoms with Gasteiger partial charge in [0.15, 0.2) is 11.5 Å². The minimum atomic E-state index is -0.728. The molecule has 3 aromatic rings. The first-order valence-electron chi connectivity index (χ1n) is 9.53. The second-order valence-corrected chi connectivity index (χ2v) is 7.62. The SMILES string of the molecule is COc1cc(/C=N\NC(=O)c2ccccc2[N+](=O)[O-])cc(Br)c1OC(=O)c1ccc(C)cc1. The Balaban J connectivity index is 1.76. The van der Waals surface area contributed by atoms with E-state index >= 15 is 0 Å². The van der Waals surface area contributed by atoms with Crippen molar-refractivity contribution in [1.82, 2.24) is 5.43 Å². The minimum Gasteiger partial charge on any atom is -0.493 e. The first-order chi connectivity index (χ1) is 15.8. The molecule has 0 aromatic heterocycles. The van der Waals surface area contributed by atoms with Crippen molar-refractivity contribution in [3.63, 3.8) is 0 Å². The fourth-order valence-corrected chi connectivity index (χ4v) is 3.35. The summed E-state index contributed by atoms with van der Waals surface area (Å²) in [6.45, 7) is 1.92. The van der Waals surface area contributed by atoms with Crippen molar-refractivity contribution in [2.75, 3.05) is 7.11 Å². The summed E-state index contributed by atoms with van der Waals surface area (Å²) in [5, 5.41) is 14.9. The summed E-state index contributed by atoms with van der Waals surface area (Å²) >= 11 is 3.35. The van der Waals surface area contributed by atoms with Gasteiger partial charge in [0.25, 0.3) is 11.6 Å². The molecule has 0 fully saturated rings. The third kappa shape index (κ3) is 5.80. The quantitative estimate of drug-likeness (QED) is 0.162. The van der Waals surface area contributed by atoms with Crippen molar-refractivity contribution in [2.24, 2.45) is 5.10 Å². The van der Waals surface area contributed by atoms with Crippen molar-refractivity contribution in [3.05, 3.63) is 97.5 Å². The Kier molecular flexibility index (Phi) is 7.52. The third-order valence-electron chi connectivity index (χ3n) is 4.46. The van der Waals surface area contributed by atoms with Gasteiger partial charge in [-0.2, -0.15) is 5.10 Å². The van der Waals surface area contributed by atoms with E-state index in [0.29, 0.717) is 15.6 Å². The molecule has 3 aromatic carbocycles. The molecule has 0 bridgehead atoms. The zero-order valence-corrected chi connectivity index (χ0v) is 19.2. The zero-order chi connectivity index (χ0) is 24.0. The standard InChI is InChI=1S/C23H18BrN3O6/c1-14-7-9-16(10-8-14)23(29)33-21-18(24)11-15(12-20(21)32-2)13-25-26-22(28)17-5-3-4-6-19(17)27(30)31/h3-13H,1-2H3,(H,26,28)/b25-13-. The lowest BCUT2D eigenvalue weighted by atomic mass is 10.1. The molecule has 1 N–H and O–H groups in total. The molecule has 10 heteroatoms. The van der Waals surface area contributed by atoms with Crippen molar-refractivity contribution >= 4 is 39.7 Å². The van der Waals surface area contributed by atoms with Gasteiger partial charge >= 0.3 is 5.97 Å². The summed E-state index contributed by atoms with van der Waals surface area (Å²) in [5.74, 6) is -0.833. The number of esters is 1. The lowest BCUT2D eigenvalue weighted by Crippen LogP contribution is -2.19. The maximum atomic E-state index is 12.5. The molecule has 0 aliphatic rings. The highest BCUT2D eigenvalue weighted by molar-refractivity contribution is 9.10. The summed E-state index contributed by atoms with van der Waals surface area (Å²) in [7, 11) is 1.42. The fourth-order valence-electron chi connectivity index (χ4n) is 2.81. The van der Waals surface area contributed by atoms with Gasteiger partial charge in [0.05, 0.1) is 28.3 Å². The summed E-state index contributed by atoms with van der Waals surface area (Å²) in [5.41, 5.74) is 3.73. The summed E-state index contributed by atoms with van der Waals surface area (Å²) in [4.78, 5) is 35.2. The molecular formula is C23H18BrN3O6. The second kappa shape index (κ2) is 10.5. The fraction of sp³-hybridized carbons (Fsp3) is 0.0870. The number of nitrogens with zero attached hydrogens (tertiary/aromatic N) is 2. The summed E-state index contributed by atoms with van der Waals surface area (Å²) in [6.07, 6.45) is 1.32. The van der Waals surface area contributed by atoms with Crippen LogP contribution in [0, 0.1) is 17.0 Å². The Bertz CT molecular complexity index is 1240. The number of nitro groups is 1. The first kappa shape index (κ1) is 23.6. The van der Waals surface area contributed by atoms with Gasteiger partial charge in [-0.3, -0.25) is 14.9 Å². The average Bonchev–Trinajstić information content (AvgIpc) is 2.80. The van der Waals surface area contributed by atoms with Crippen molar-refractivity contribution in [2.45, 2.75) is 6.92 Å². The van der Waals surface area contributed by atoms with Gasteiger partial charge in [-0.05, 0) is 58.7 Å². The van der Waals surface area contributed by atoms with Gasteiger partial charge in [0.2, 0.25) is 0 Å². The van der Waals surface area contributed by atoms with Crippen LogP contribution in [0.1, 0.15) is 31.8 Å². The number of hydrogen-bond donors (Lipinski definition) is 1. The lowest BCUT2D eigenvalue weighted by Gasteiger charge is -2.12. The summed E-state index contributed by atoms with van der Waals surface area (Å²) < 4.78 is 11.3. The number of benzene rings is 3. The van der Waals surface area contributed by atoms with E-state index in [2.05, 4.69) is 26.5 Å². The molecule has 3 rings (SSSR count). The highest BCUT2D eigenvalue weighted by atomic mass is 79.9. The van der Waals surface area contributed by atoms with E-state index in [1.54, 1.807) is 36.4 Å². The Hall–Kier alpha value is -4.05. The van der Waals surface area contributed by atoms with E-state index in [9.17, 15) is 19.7 Å². The normalized spacial score (nSPS) is 10.6. The number of hydrogen-bond acceptors (Lipinski definition) is 7. The van der Waals surface area contributed by atoms with Gasteiger partial charge in [-0.15, -0.1) is 0 Å². The maximum absolute atomic E-state index is 12.5. The van der Waals surface area contributed by atoms with E-state index in [1.165, 1.54) is 37.6 Å². The van der Waals surface area contributed by atoms with E-state index in [-0.39, 0.29) is 22.7 Å². The number of ether oxygens (including phenoxy) is 2. The summed E-state index contributed by atoms with van der Waals surface area (Å²) in [6, 6.07) is 15.7. The van der Waals surface area contributed by atoms with Crippen molar-refractivity contribution in [1.29, 1.82) is 0 Å². The molecule has 0 spiro atoms. The number of para-hydroxylation sites is 1. The number of carbonyl (C=O) groups is 2. The highest BCUT2D eigenvalue weighted by Crippen LogP contribution is 2.37. The highest BCUT2D eigenvalue weighted by Gasteiger charge is 2.19. The van der Waals surface area contributed by atoms with Gasteiger partial charge in [0.1, 0.15) is 5.56 Å². The molecule has 0 saturated carbocycles. The molecule has 33 heavy (non-hydrogen) atoms. The molecule has 0 aliphatic carbocycles. The second-order valence-electron chi connectivity index (χ2n) is 6.76. The van der Waals surface area contributed by atoms with Crippen LogP contribution in [0.4, 0.5) is 5.69 Å². The number of carbonyl (C=O) groups excluding carboxylic acids is 2. The predicted molar refractivity (Wildman–Crippen MR) is 125 cm³/mol. The van der Waals surface area contributed by atoms with Crippen LogP contribution in [0.25, 0.3) is 0 Å². The Labute approximate surface area is 197 Å². The minimum absolute atomic E-state index is 0.114. The molecule has 0 heterocycles. The van der Waals surface area contributed by atoms with Gasteiger partial charge < -0.3 is 9.47 Å².